The minimum absolute atomic E-state index is 0.0785. The molecule has 1 aromatic heterocycles. The number of anilines is 1. The van der Waals surface area contributed by atoms with E-state index in [4.69, 9.17) is 5.26 Å². The Morgan fingerprint density at radius 1 is 1.43 bits per heavy atom. The molecule has 0 aromatic carbocycles. The third-order valence-electron chi connectivity index (χ3n) is 5.42. The first kappa shape index (κ1) is 16.3. The summed E-state index contributed by atoms with van der Waals surface area (Å²) >= 11 is 1.63. The summed E-state index contributed by atoms with van der Waals surface area (Å²) in [6.45, 7) is 2.04. The highest BCUT2D eigenvalue weighted by Crippen LogP contribution is 2.45. The van der Waals surface area contributed by atoms with Crippen molar-refractivity contribution in [1.82, 2.24) is 10.3 Å². The van der Waals surface area contributed by atoms with E-state index in [0.717, 1.165) is 24.3 Å². The standard InChI is InChI=1S/C17H24N4OS/c1-2-17(8-13(9-17)20-11-18)16(22)21-14-10-19-15(23-14)12-6-4-3-5-7-12/h10,12-13,20H,2-9H2,1H3,(H,21,22). The summed E-state index contributed by atoms with van der Waals surface area (Å²) < 4.78 is 0. The van der Waals surface area contributed by atoms with Crippen molar-refractivity contribution in [3.8, 4) is 6.19 Å². The Morgan fingerprint density at radius 2 is 2.17 bits per heavy atom. The van der Waals surface area contributed by atoms with E-state index in [1.165, 1.54) is 37.1 Å². The molecule has 0 spiro atoms. The number of aromatic nitrogens is 1. The van der Waals surface area contributed by atoms with Crippen molar-refractivity contribution in [2.45, 2.75) is 70.3 Å². The summed E-state index contributed by atoms with van der Waals surface area (Å²) in [5.74, 6) is 0.655. The van der Waals surface area contributed by atoms with Crippen LogP contribution in [0.5, 0.6) is 0 Å². The molecule has 2 fully saturated rings. The normalized spacial score (nSPS) is 27.7. The number of carbonyl (C=O) groups excluding carboxylic acids is 1. The molecule has 0 saturated heterocycles. The van der Waals surface area contributed by atoms with Crippen LogP contribution in [0, 0.1) is 16.9 Å². The lowest BCUT2D eigenvalue weighted by molar-refractivity contribution is -0.132. The first-order chi connectivity index (χ1) is 11.2. The Bertz CT molecular complexity index is 594. The second-order valence-electron chi connectivity index (χ2n) is 6.85. The van der Waals surface area contributed by atoms with Crippen molar-refractivity contribution in [1.29, 1.82) is 5.26 Å². The number of hydrogen-bond acceptors (Lipinski definition) is 5. The molecule has 124 valence electrons. The van der Waals surface area contributed by atoms with Gasteiger partial charge in [0.05, 0.1) is 16.6 Å². The van der Waals surface area contributed by atoms with Crippen LogP contribution in [0.1, 0.15) is 69.2 Å². The molecule has 0 radical (unpaired) electrons. The molecule has 0 aliphatic heterocycles. The van der Waals surface area contributed by atoms with Crippen LogP contribution < -0.4 is 10.6 Å². The van der Waals surface area contributed by atoms with Crippen molar-refractivity contribution in [3.63, 3.8) is 0 Å². The molecule has 2 saturated carbocycles. The van der Waals surface area contributed by atoms with Gasteiger partial charge < -0.3 is 10.6 Å². The second-order valence-corrected chi connectivity index (χ2v) is 7.91. The van der Waals surface area contributed by atoms with E-state index in [-0.39, 0.29) is 17.4 Å². The molecule has 2 aliphatic rings. The average Bonchev–Trinajstić information content (AvgIpc) is 3.00. The highest BCUT2D eigenvalue weighted by Gasteiger charge is 2.48. The summed E-state index contributed by atoms with van der Waals surface area (Å²) in [4.78, 5) is 17.2. The van der Waals surface area contributed by atoms with Crippen LogP contribution in [0.3, 0.4) is 0 Å². The van der Waals surface area contributed by atoms with Gasteiger partial charge in [-0.1, -0.05) is 26.2 Å². The van der Waals surface area contributed by atoms with Gasteiger partial charge in [-0.2, -0.15) is 5.26 Å². The molecule has 2 N–H and O–H groups in total. The van der Waals surface area contributed by atoms with E-state index in [0.29, 0.717) is 5.92 Å². The fourth-order valence-electron chi connectivity index (χ4n) is 3.84. The van der Waals surface area contributed by atoms with Crippen LogP contribution in [-0.4, -0.2) is 16.9 Å². The van der Waals surface area contributed by atoms with Crippen LogP contribution in [0.15, 0.2) is 6.20 Å². The van der Waals surface area contributed by atoms with E-state index < -0.39 is 0 Å². The zero-order chi connectivity index (χ0) is 16.3. The first-order valence-electron chi connectivity index (χ1n) is 8.58. The topological polar surface area (TPSA) is 77.8 Å². The maximum atomic E-state index is 12.6. The smallest absolute Gasteiger partial charge is 0.231 e. The van der Waals surface area contributed by atoms with Gasteiger partial charge in [-0.3, -0.25) is 4.79 Å². The van der Waals surface area contributed by atoms with Crippen molar-refractivity contribution in [3.05, 3.63) is 11.2 Å². The summed E-state index contributed by atoms with van der Waals surface area (Å²) in [7, 11) is 0. The number of nitrogens with one attached hydrogen (secondary N) is 2. The highest BCUT2D eigenvalue weighted by atomic mass is 32.1. The van der Waals surface area contributed by atoms with E-state index in [1.807, 2.05) is 13.1 Å². The van der Waals surface area contributed by atoms with Crippen LogP contribution in [-0.2, 0) is 4.79 Å². The Hall–Kier alpha value is -1.61. The van der Waals surface area contributed by atoms with Gasteiger partial charge in [0.2, 0.25) is 5.91 Å². The lowest BCUT2D eigenvalue weighted by atomic mass is 9.63. The van der Waals surface area contributed by atoms with Crippen LogP contribution >= 0.6 is 11.3 Å². The maximum Gasteiger partial charge on any atom is 0.231 e. The first-order valence-corrected chi connectivity index (χ1v) is 9.40. The van der Waals surface area contributed by atoms with Gasteiger partial charge >= 0.3 is 0 Å². The number of hydrogen-bond donors (Lipinski definition) is 2. The van der Waals surface area contributed by atoms with E-state index in [1.54, 1.807) is 17.5 Å². The zero-order valence-corrected chi connectivity index (χ0v) is 14.4. The van der Waals surface area contributed by atoms with Crippen molar-refractivity contribution in [2.75, 3.05) is 5.32 Å². The molecule has 3 rings (SSSR count). The summed E-state index contributed by atoms with van der Waals surface area (Å²) in [5, 5.41) is 16.5. The average molecular weight is 332 g/mol. The lowest BCUT2D eigenvalue weighted by Crippen LogP contribution is -2.53. The van der Waals surface area contributed by atoms with E-state index >= 15 is 0 Å². The molecule has 5 nitrogen and oxygen atoms in total. The number of carbonyl (C=O) groups is 1. The van der Waals surface area contributed by atoms with E-state index in [9.17, 15) is 4.79 Å². The Morgan fingerprint density at radius 3 is 2.83 bits per heavy atom. The third kappa shape index (κ3) is 3.35. The summed E-state index contributed by atoms with van der Waals surface area (Å²) in [6, 6.07) is 0.143. The molecule has 2 aliphatic carbocycles. The van der Waals surface area contributed by atoms with Crippen molar-refractivity contribution >= 4 is 22.2 Å². The Labute approximate surface area is 141 Å². The van der Waals surface area contributed by atoms with Gasteiger partial charge in [0.25, 0.3) is 0 Å². The molecule has 0 unspecified atom stereocenters. The quantitative estimate of drug-likeness (QED) is 0.636. The predicted octanol–water partition coefficient (Wildman–Crippen LogP) is 3.76. The molecular formula is C17H24N4OS. The minimum Gasteiger partial charge on any atom is -0.321 e. The fraction of sp³-hybridized carbons (Fsp3) is 0.706. The second kappa shape index (κ2) is 6.88. The van der Waals surface area contributed by atoms with Crippen LogP contribution in [0.2, 0.25) is 0 Å². The molecule has 1 heterocycles. The van der Waals surface area contributed by atoms with Gasteiger partial charge in [-0.05, 0) is 32.1 Å². The SMILES string of the molecule is CCC1(C(=O)Nc2cnc(C3CCCCC3)s2)CC(NC#N)C1. The van der Waals surface area contributed by atoms with Gasteiger partial charge in [0.1, 0.15) is 5.00 Å². The predicted molar refractivity (Wildman–Crippen MR) is 91.1 cm³/mol. The molecule has 1 amide bonds. The number of rotatable bonds is 5. The summed E-state index contributed by atoms with van der Waals surface area (Å²) in [6.07, 6.45) is 12.4. The van der Waals surface area contributed by atoms with Gasteiger partial charge in [-0.25, -0.2) is 4.98 Å². The number of amides is 1. The Balaban J connectivity index is 1.59. The molecule has 1 aromatic rings. The minimum atomic E-state index is -0.330. The van der Waals surface area contributed by atoms with Gasteiger partial charge in [0, 0.05) is 12.0 Å². The third-order valence-corrected chi connectivity index (χ3v) is 6.49. The molecule has 6 heteroatoms. The van der Waals surface area contributed by atoms with Crippen LogP contribution in [0.4, 0.5) is 5.00 Å². The van der Waals surface area contributed by atoms with Gasteiger partial charge in [-0.15, -0.1) is 11.3 Å². The monoisotopic (exact) mass is 332 g/mol. The largest absolute Gasteiger partial charge is 0.321 e. The molecule has 0 bridgehead atoms. The van der Waals surface area contributed by atoms with Crippen LogP contribution in [0.25, 0.3) is 0 Å². The molecule has 23 heavy (non-hydrogen) atoms. The summed E-state index contributed by atoms with van der Waals surface area (Å²) in [5.41, 5.74) is -0.330. The van der Waals surface area contributed by atoms with E-state index in [2.05, 4.69) is 15.6 Å². The van der Waals surface area contributed by atoms with Crippen molar-refractivity contribution < 1.29 is 4.79 Å². The van der Waals surface area contributed by atoms with Crippen molar-refractivity contribution in [2.24, 2.45) is 5.41 Å². The highest BCUT2D eigenvalue weighted by molar-refractivity contribution is 7.15. The lowest BCUT2D eigenvalue weighted by Gasteiger charge is -2.45. The fourth-order valence-corrected chi connectivity index (χ4v) is 4.82. The Kier molecular flexibility index (Phi) is 4.86. The molecular weight excluding hydrogens is 308 g/mol. The molecule has 0 atom stereocenters. The number of nitriles is 1. The van der Waals surface area contributed by atoms with Gasteiger partial charge in [0.15, 0.2) is 6.19 Å². The number of thiazole rings is 1. The maximum absolute atomic E-state index is 12.6. The number of nitrogens with zero attached hydrogens (tertiary/aromatic N) is 2. The zero-order valence-electron chi connectivity index (χ0n) is 13.6.